The Kier molecular flexibility index (Phi) is 5.30. The Morgan fingerprint density at radius 2 is 1.95 bits per heavy atom. The van der Waals surface area contributed by atoms with Gasteiger partial charge in [0, 0.05) is 13.1 Å². The SMILES string of the molecule is CCC(CC)n1nc(C)cc1C(=O)N1CCCC(C)(C)CC1. The van der Waals surface area contributed by atoms with Crippen LogP contribution in [0, 0.1) is 12.3 Å². The lowest BCUT2D eigenvalue weighted by Gasteiger charge is -2.24. The van der Waals surface area contributed by atoms with Crippen molar-refractivity contribution in [1.82, 2.24) is 14.7 Å². The van der Waals surface area contributed by atoms with Gasteiger partial charge in [0.1, 0.15) is 5.69 Å². The maximum Gasteiger partial charge on any atom is 0.272 e. The van der Waals surface area contributed by atoms with Gasteiger partial charge in [-0.2, -0.15) is 5.10 Å². The van der Waals surface area contributed by atoms with Crippen LogP contribution in [0.4, 0.5) is 0 Å². The van der Waals surface area contributed by atoms with Gasteiger partial charge in [-0.05, 0) is 50.5 Å². The zero-order chi connectivity index (χ0) is 16.3. The highest BCUT2D eigenvalue weighted by Crippen LogP contribution is 2.30. The average molecular weight is 305 g/mol. The van der Waals surface area contributed by atoms with E-state index >= 15 is 0 Å². The minimum Gasteiger partial charge on any atom is -0.337 e. The number of aryl methyl sites for hydroxylation is 1. The minimum atomic E-state index is 0.158. The summed E-state index contributed by atoms with van der Waals surface area (Å²) >= 11 is 0. The predicted molar refractivity (Wildman–Crippen MR) is 90.1 cm³/mol. The van der Waals surface area contributed by atoms with E-state index in [0.29, 0.717) is 11.5 Å². The number of nitrogens with zero attached hydrogens (tertiary/aromatic N) is 3. The highest BCUT2D eigenvalue weighted by atomic mass is 16.2. The molecule has 4 nitrogen and oxygen atoms in total. The maximum absolute atomic E-state index is 13.0. The van der Waals surface area contributed by atoms with Crippen molar-refractivity contribution in [3.05, 3.63) is 17.5 Å². The van der Waals surface area contributed by atoms with E-state index in [1.807, 2.05) is 22.6 Å². The lowest BCUT2D eigenvalue weighted by atomic mass is 9.85. The number of carbonyl (C=O) groups excluding carboxylic acids is 1. The number of hydrogen-bond donors (Lipinski definition) is 0. The molecule has 0 bridgehead atoms. The topological polar surface area (TPSA) is 38.1 Å². The zero-order valence-corrected chi connectivity index (χ0v) is 14.9. The van der Waals surface area contributed by atoms with Crippen molar-refractivity contribution in [2.24, 2.45) is 5.41 Å². The van der Waals surface area contributed by atoms with E-state index in [1.165, 1.54) is 6.42 Å². The molecule has 1 aliphatic heterocycles. The second-order valence-electron chi connectivity index (χ2n) is 7.40. The van der Waals surface area contributed by atoms with Crippen molar-refractivity contribution in [3.8, 4) is 0 Å². The first-order valence-electron chi connectivity index (χ1n) is 8.73. The number of amides is 1. The normalized spacial score (nSPS) is 18.5. The summed E-state index contributed by atoms with van der Waals surface area (Å²) in [6.07, 6.45) is 5.38. The van der Waals surface area contributed by atoms with Crippen LogP contribution in [0.3, 0.4) is 0 Å². The van der Waals surface area contributed by atoms with Gasteiger partial charge in [-0.25, -0.2) is 0 Å². The van der Waals surface area contributed by atoms with Crippen LogP contribution in [0.2, 0.25) is 0 Å². The fourth-order valence-corrected chi connectivity index (χ4v) is 3.38. The second-order valence-corrected chi connectivity index (χ2v) is 7.40. The van der Waals surface area contributed by atoms with Gasteiger partial charge < -0.3 is 4.90 Å². The third-order valence-electron chi connectivity index (χ3n) is 4.99. The Hall–Kier alpha value is -1.32. The first-order chi connectivity index (χ1) is 10.4. The molecular weight excluding hydrogens is 274 g/mol. The summed E-state index contributed by atoms with van der Waals surface area (Å²) < 4.78 is 1.97. The fraction of sp³-hybridized carbons (Fsp3) is 0.778. The van der Waals surface area contributed by atoms with Crippen LogP contribution >= 0.6 is 0 Å². The van der Waals surface area contributed by atoms with Gasteiger partial charge in [-0.1, -0.05) is 27.7 Å². The van der Waals surface area contributed by atoms with Crippen LogP contribution in [0.1, 0.15) is 82.0 Å². The van der Waals surface area contributed by atoms with Crippen molar-refractivity contribution in [2.75, 3.05) is 13.1 Å². The Labute approximate surface area is 134 Å². The van der Waals surface area contributed by atoms with Crippen LogP contribution < -0.4 is 0 Å². The summed E-state index contributed by atoms with van der Waals surface area (Å²) in [7, 11) is 0. The lowest BCUT2D eigenvalue weighted by Crippen LogP contribution is -2.34. The summed E-state index contributed by atoms with van der Waals surface area (Å²) in [5.74, 6) is 0.158. The summed E-state index contributed by atoms with van der Waals surface area (Å²) in [6, 6.07) is 2.27. The number of aromatic nitrogens is 2. The van der Waals surface area contributed by atoms with Crippen molar-refractivity contribution in [2.45, 2.75) is 72.8 Å². The molecule has 1 saturated heterocycles. The largest absolute Gasteiger partial charge is 0.337 e. The first kappa shape index (κ1) is 17.0. The molecule has 1 aromatic rings. The van der Waals surface area contributed by atoms with Crippen molar-refractivity contribution >= 4 is 5.91 Å². The zero-order valence-electron chi connectivity index (χ0n) is 14.9. The third-order valence-corrected chi connectivity index (χ3v) is 4.99. The Bertz CT molecular complexity index is 514. The quantitative estimate of drug-likeness (QED) is 0.836. The van der Waals surface area contributed by atoms with Gasteiger partial charge in [-0.15, -0.1) is 0 Å². The van der Waals surface area contributed by atoms with E-state index in [2.05, 4.69) is 32.8 Å². The number of rotatable bonds is 4. The summed E-state index contributed by atoms with van der Waals surface area (Å²) in [4.78, 5) is 15.0. The van der Waals surface area contributed by atoms with Gasteiger partial charge in [0.25, 0.3) is 5.91 Å². The minimum absolute atomic E-state index is 0.158. The van der Waals surface area contributed by atoms with Crippen LogP contribution in [0.5, 0.6) is 0 Å². The molecule has 0 aliphatic carbocycles. The summed E-state index contributed by atoms with van der Waals surface area (Å²) in [6.45, 7) is 12.6. The monoisotopic (exact) mass is 305 g/mol. The Morgan fingerprint density at radius 3 is 2.59 bits per heavy atom. The predicted octanol–water partition coefficient (Wildman–Crippen LogP) is 4.20. The van der Waals surface area contributed by atoms with E-state index in [9.17, 15) is 4.79 Å². The van der Waals surface area contributed by atoms with Crippen LogP contribution in [0.25, 0.3) is 0 Å². The molecule has 124 valence electrons. The molecule has 4 heteroatoms. The second kappa shape index (κ2) is 6.84. The molecule has 1 aliphatic rings. The Balaban J connectivity index is 2.22. The number of carbonyl (C=O) groups is 1. The van der Waals surface area contributed by atoms with Crippen molar-refractivity contribution in [3.63, 3.8) is 0 Å². The molecule has 1 amide bonds. The molecule has 1 fully saturated rings. The fourth-order valence-electron chi connectivity index (χ4n) is 3.38. The third kappa shape index (κ3) is 3.71. The van der Waals surface area contributed by atoms with Crippen molar-refractivity contribution < 1.29 is 4.79 Å². The molecule has 2 rings (SSSR count). The molecule has 2 heterocycles. The van der Waals surface area contributed by atoms with Gasteiger partial charge in [-0.3, -0.25) is 9.48 Å². The lowest BCUT2D eigenvalue weighted by molar-refractivity contribution is 0.0741. The summed E-state index contributed by atoms with van der Waals surface area (Å²) in [5.41, 5.74) is 2.05. The van der Waals surface area contributed by atoms with Gasteiger partial charge in [0.2, 0.25) is 0 Å². The highest BCUT2D eigenvalue weighted by Gasteiger charge is 2.28. The van der Waals surface area contributed by atoms with Crippen LogP contribution in [0.15, 0.2) is 6.07 Å². The Morgan fingerprint density at radius 1 is 1.27 bits per heavy atom. The maximum atomic E-state index is 13.0. The molecule has 22 heavy (non-hydrogen) atoms. The molecule has 0 unspecified atom stereocenters. The van der Waals surface area contributed by atoms with Crippen molar-refractivity contribution in [1.29, 1.82) is 0 Å². The number of hydrogen-bond acceptors (Lipinski definition) is 2. The van der Waals surface area contributed by atoms with E-state index in [0.717, 1.165) is 50.2 Å². The molecule has 0 atom stereocenters. The van der Waals surface area contributed by atoms with E-state index in [-0.39, 0.29) is 5.91 Å². The summed E-state index contributed by atoms with van der Waals surface area (Å²) in [5, 5.41) is 4.59. The highest BCUT2D eigenvalue weighted by molar-refractivity contribution is 5.92. The molecule has 0 saturated carbocycles. The molecule has 0 N–H and O–H groups in total. The first-order valence-corrected chi connectivity index (χ1v) is 8.73. The molecule has 1 aromatic heterocycles. The van der Waals surface area contributed by atoms with Gasteiger partial charge >= 0.3 is 0 Å². The average Bonchev–Trinajstić information content (AvgIpc) is 2.74. The molecule has 0 spiro atoms. The molecule has 0 radical (unpaired) electrons. The van der Waals surface area contributed by atoms with E-state index in [4.69, 9.17) is 0 Å². The van der Waals surface area contributed by atoms with E-state index < -0.39 is 0 Å². The smallest absolute Gasteiger partial charge is 0.272 e. The van der Waals surface area contributed by atoms with Crippen LogP contribution in [-0.2, 0) is 0 Å². The number of likely N-dealkylation sites (tertiary alicyclic amines) is 1. The van der Waals surface area contributed by atoms with Gasteiger partial charge in [0.05, 0.1) is 11.7 Å². The molecular formula is C18H31N3O. The van der Waals surface area contributed by atoms with Gasteiger partial charge in [0.15, 0.2) is 0 Å². The molecule has 0 aromatic carbocycles. The standard InChI is InChI=1S/C18H31N3O/c1-6-15(7-2)21-16(13-14(3)19-21)17(22)20-11-8-9-18(4,5)10-12-20/h13,15H,6-12H2,1-5H3. The van der Waals surface area contributed by atoms with E-state index in [1.54, 1.807) is 0 Å². The van der Waals surface area contributed by atoms with Crippen LogP contribution in [-0.4, -0.2) is 33.7 Å².